The van der Waals surface area contributed by atoms with E-state index in [2.05, 4.69) is 70.7 Å². The third kappa shape index (κ3) is 4.66. The first-order valence-corrected chi connectivity index (χ1v) is 13.1. The highest BCUT2D eigenvalue weighted by Crippen LogP contribution is 2.66. The zero-order valence-electron chi connectivity index (χ0n) is 11.3. The van der Waals surface area contributed by atoms with E-state index in [1.807, 2.05) is 0 Å². The van der Waals surface area contributed by atoms with E-state index in [-0.39, 0.29) is 7.61 Å². The van der Waals surface area contributed by atoms with Gasteiger partial charge >= 0.3 is 0 Å². The normalized spacial score (nSPS) is 15.6. The average molecular weight is 269 g/mol. The molecule has 0 unspecified atom stereocenters. The van der Waals surface area contributed by atoms with Crippen LogP contribution in [0.3, 0.4) is 0 Å². The number of rotatable bonds is 3. The van der Waals surface area contributed by atoms with Crippen molar-refractivity contribution >= 4 is 28.5 Å². The summed E-state index contributed by atoms with van der Waals surface area (Å²) in [6.45, 7) is 14.6. The van der Waals surface area contributed by atoms with Gasteiger partial charge in [-0.25, -0.2) is 7.61 Å². The van der Waals surface area contributed by atoms with Crippen LogP contribution >= 0.6 is 15.4 Å². The molecule has 1 rings (SSSR count). The molecular formula is C13H23P2Si-. The molecule has 0 saturated carbocycles. The van der Waals surface area contributed by atoms with E-state index in [1.165, 1.54) is 0 Å². The Morgan fingerprint density at radius 2 is 1.50 bits per heavy atom. The standard InChI is InChI=1S/C13H23P2Si/c1-13(2,3)15(14-16(4,5)6)12-10-8-7-9-11-12/h7-11H,1-6H3/q-1/t15-/m1/s1. The van der Waals surface area contributed by atoms with Crippen molar-refractivity contribution in [1.29, 1.82) is 0 Å². The maximum absolute atomic E-state index is 2.47. The van der Waals surface area contributed by atoms with Crippen molar-refractivity contribution in [2.45, 2.75) is 45.6 Å². The molecule has 90 valence electrons. The second-order valence-electron chi connectivity index (χ2n) is 6.09. The molecule has 0 radical (unpaired) electrons. The Balaban J connectivity index is 2.98. The highest BCUT2D eigenvalue weighted by Gasteiger charge is 2.19. The monoisotopic (exact) mass is 269 g/mol. The molecule has 0 nitrogen and oxygen atoms in total. The number of benzene rings is 1. The Kier molecular flexibility index (Phi) is 4.75. The Morgan fingerprint density at radius 1 is 1.00 bits per heavy atom. The summed E-state index contributed by atoms with van der Waals surface area (Å²) in [5, 5.41) is 1.98. The topological polar surface area (TPSA) is 0 Å². The SMILES string of the molecule is CC(C)(C)[P@]([P-][Si](C)(C)C)c1ccccc1. The van der Waals surface area contributed by atoms with Gasteiger partial charge < -0.3 is 7.82 Å². The van der Waals surface area contributed by atoms with Crippen LogP contribution in [0.1, 0.15) is 20.8 Å². The molecule has 1 aromatic carbocycles. The molecule has 0 N–H and O–H groups in total. The molecule has 16 heavy (non-hydrogen) atoms. The van der Waals surface area contributed by atoms with Gasteiger partial charge in [0.15, 0.2) is 0 Å². The predicted molar refractivity (Wildman–Crippen MR) is 83.0 cm³/mol. The van der Waals surface area contributed by atoms with Crippen LogP contribution in [-0.2, 0) is 0 Å². The van der Waals surface area contributed by atoms with Crippen molar-refractivity contribution in [3.63, 3.8) is 0 Å². The van der Waals surface area contributed by atoms with Gasteiger partial charge in [0.05, 0.1) is 0 Å². The van der Waals surface area contributed by atoms with Crippen molar-refractivity contribution < 1.29 is 0 Å². The summed E-state index contributed by atoms with van der Waals surface area (Å²) >= 11 is 0. The molecule has 0 aliphatic rings. The van der Waals surface area contributed by atoms with E-state index in [9.17, 15) is 0 Å². The fraction of sp³-hybridized carbons (Fsp3) is 0.538. The van der Waals surface area contributed by atoms with Crippen LogP contribution in [0.2, 0.25) is 19.6 Å². The summed E-state index contributed by atoms with van der Waals surface area (Å²) < 4.78 is 0. The van der Waals surface area contributed by atoms with Crippen LogP contribution in [0, 0.1) is 0 Å². The molecule has 0 bridgehead atoms. The molecule has 3 heteroatoms. The van der Waals surface area contributed by atoms with Gasteiger partial charge in [-0.2, -0.15) is 0 Å². The molecule has 1 aromatic rings. The molecule has 0 aromatic heterocycles. The molecule has 1 atom stereocenters. The molecule has 0 aliphatic heterocycles. The smallest absolute Gasteiger partial charge is 0.0410 e. The first kappa shape index (κ1) is 14.4. The third-order valence-electron chi connectivity index (χ3n) is 2.04. The van der Waals surface area contributed by atoms with Crippen LogP contribution in [0.25, 0.3) is 0 Å². The average Bonchev–Trinajstić information content (AvgIpc) is 2.13. The van der Waals surface area contributed by atoms with E-state index in [4.69, 9.17) is 0 Å². The second kappa shape index (κ2) is 5.30. The largest absolute Gasteiger partial charge is 0.503 e. The van der Waals surface area contributed by atoms with E-state index < -0.39 is 7.74 Å². The van der Waals surface area contributed by atoms with Gasteiger partial charge in [0.1, 0.15) is 0 Å². The maximum atomic E-state index is 2.47. The minimum Gasteiger partial charge on any atom is -0.503 e. The van der Waals surface area contributed by atoms with Crippen molar-refractivity contribution in [3.05, 3.63) is 30.3 Å². The van der Waals surface area contributed by atoms with Gasteiger partial charge in [0.25, 0.3) is 0 Å². The molecule has 0 saturated heterocycles. The lowest BCUT2D eigenvalue weighted by molar-refractivity contribution is 0.796. The van der Waals surface area contributed by atoms with Crippen LogP contribution in [0.5, 0.6) is 0 Å². The van der Waals surface area contributed by atoms with Crippen LogP contribution in [0.4, 0.5) is 0 Å². The van der Waals surface area contributed by atoms with Crippen molar-refractivity contribution in [3.8, 4) is 0 Å². The van der Waals surface area contributed by atoms with Gasteiger partial charge in [-0.05, 0) is 5.16 Å². The van der Waals surface area contributed by atoms with Gasteiger partial charge in [-0.1, -0.05) is 83.8 Å². The second-order valence-corrected chi connectivity index (χ2v) is 20.7. The Labute approximate surface area is 105 Å². The van der Waals surface area contributed by atoms with E-state index in [0.717, 1.165) is 0 Å². The number of hydrogen-bond acceptors (Lipinski definition) is 0. The Bertz CT molecular complexity index is 322. The predicted octanol–water partition coefficient (Wildman–Crippen LogP) is 5.29. The summed E-state index contributed by atoms with van der Waals surface area (Å²) in [6, 6.07) is 11.1. The molecule has 0 aliphatic carbocycles. The Hall–Kier alpha value is 0.297. The molecular weight excluding hydrogens is 246 g/mol. The first-order valence-electron chi connectivity index (χ1n) is 5.78. The lowest BCUT2D eigenvalue weighted by Gasteiger charge is -2.49. The zero-order valence-corrected chi connectivity index (χ0v) is 14.1. The third-order valence-corrected chi connectivity index (χ3v) is 17.0. The summed E-state index contributed by atoms with van der Waals surface area (Å²) in [4.78, 5) is 0. The molecule has 0 fully saturated rings. The lowest BCUT2D eigenvalue weighted by Crippen LogP contribution is -2.21. The van der Waals surface area contributed by atoms with Crippen molar-refractivity contribution in [2.24, 2.45) is 0 Å². The van der Waals surface area contributed by atoms with Crippen molar-refractivity contribution in [2.75, 3.05) is 0 Å². The zero-order chi connectivity index (χ0) is 12.4. The molecule has 0 spiro atoms. The fourth-order valence-electron chi connectivity index (χ4n) is 1.46. The summed E-state index contributed by atoms with van der Waals surface area (Å²) in [6.07, 6.45) is 0. The van der Waals surface area contributed by atoms with Gasteiger partial charge in [-0.3, -0.25) is 0 Å². The van der Waals surface area contributed by atoms with E-state index in [0.29, 0.717) is 5.16 Å². The first-order chi connectivity index (χ1) is 7.20. The van der Waals surface area contributed by atoms with Gasteiger partial charge in [0.2, 0.25) is 0 Å². The van der Waals surface area contributed by atoms with Crippen LogP contribution < -0.4 is 5.30 Å². The quantitative estimate of drug-likeness (QED) is 0.516. The van der Waals surface area contributed by atoms with Gasteiger partial charge in [0, 0.05) is 0 Å². The minimum absolute atomic E-state index is 0.0509. The maximum Gasteiger partial charge on any atom is -0.0410 e. The van der Waals surface area contributed by atoms with E-state index in [1.54, 1.807) is 13.1 Å². The fourth-order valence-corrected chi connectivity index (χ4v) is 16.3. The summed E-state index contributed by atoms with van der Waals surface area (Å²) in [7, 11) is 0.653. The lowest BCUT2D eigenvalue weighted by atomic mass is 10.3. The van der Waals surface area contributed by atoms with E-state index >= 15 is 0 Å². The highest BCUT2D eigenvalue weighted by molar-refractivity contribution is 8.38. The highest BCUT2D eigenvalue weighted by atomic mass is 32.2. The Morgan fingerprint density at radius 3 is 1.88 bits per heavy atom. The molecule has 0 heterocycles. The van der Waals surface area contributed by atoms with Gasteiger partial charge in [-0.15, -0.1) is 0 Å². The summed E-state index contributed by atoms with van der Waals surface area (Å²) in [5.74, 6) is 0. The van der Waals surface area contributed by atoms with Crippen LogP contribution in [-0.4, -0.2) is 12.9 Å². The molecule has 0 amide bonds. The van der Waals surface area contributed by atoms with Crippen molar-refractivity contribution in [1.82, 2.24) is 0 Å². The number of hydrogen-bond donors (Lipinski definition) is 0. The summed E-state index contributed by atoms with van der Waals surface area (Å²) in [5.41, 5.74) is 0. The van der Waals surface area contributed by atoms with Crippen LogP contribution in [0.15, 0.2) is 30.3 Å². The minimum atomic E-state index is -1.01.